The number of benzene rings is 1. The molecule has 1 saturated heterocycles. The second-order valence-corrected chi connectivity index (χ2v) is 5.18. The van der Waals surface area contributed by atoms with Crippen molar-refractivity contribution in [1.29, 1.82) is 0 Å². The van der Waals surface area contributed by atoms with E-state index in [2.05, 4.69) is 0 Å². The van der Waals surface area contributed by atoms with Crippen LogP contribution in [0, 0.1) is 5.82 Å². The number of hydrogen-bond acceptors (Lipinski definition) is 3. The average Bonchev–Trinajstić information content (AvgIpc) is 2.24. The van der Waals surface area contributed by atoms with Crippen LogP contribution in [-0.4, -0.2) is 36.5 Å². The van der Waals surface area contributed by atoms with Crippen molar-refractivity contribution in [3.63, 3.8) is 0 Å². The molecule has 1 fully saturated rings. The molecule has 4 nitrogen and oxygen atoms in total. The normalized spacial score (nSPS) is 19.2. The van der Waals surface area contributed by atoms with Gasteiger partial charge < -0.3 is 15.5 Å². The largest absolute Gasteiger partial charge is 0.399 e. The summed E-state index contributed by atoms with van der Waals surface area (Å²) in [5.74, 6) is -0.358. The molecular formula is C13H18FN3O. The molecule has 1 heterocycles. The summed E-state index contributed by atoms with van der Waals surface area (Å²) in [7, 11) is 1.78. The van der Waals surface area contributed by atoms with Crippen molar-refractivity contribution in [2.75, 3.05) is 30.8 Å². The van der Waals surface area contributed by atoms with Gasteiger partial charge in [-0.15, -0.1) is 0 Å². The number of rotatable bonds is 1. The van der Waals surface area contributed by atoms with E-state index in [0.29, 0.717) is 24.5 Å². The minimum absolute atomic E-state index is 0.0246. The highest BCUT2D eigenvalue weighted by Gasteiger charge is 2.40. The SMILES string of the molecule is CN1CCN(c2cc(N)cc(F)c2)C(C)(C)C1=O. The summed E-state index contributed by atoms with van der Waals surface area (Å²) in [6.45, 7) is 4.97. The fraction of sp³-hybridized carbons (Fsp3) is 0.462. The van der Waals surface area contributed by atoms with Crippen LogP contribution in [0.5, 0.6) is 0 Å². The van der Waals surface area contributed by atoms with E-state index in [1.54, 1.807) is 18.0 Å². The molecule has 1 aliphatic rings. The Morgan fingerprint density at radius 2 is 1.94 bits per heavy atom. The summed E-state index contributed by atoms with van der Waals surface area (Å²) in [6, 6.07) is 4.38. The summed E-state index contributed by atoms with van der Waals surface area (Å²) in [6.07, 6.45) is 0. The van der Waals surface area contributed by atoms with Gasteiger partial charge in [0.25, 0.3) is 0 Å². The molecule has 1 aromatic rings. The first-order chi connectivity index (χ1) is 8.32. The van der Waals surface area contributed by atoms with Gasteiger partial charge in [0.05, 0.1) is 0 Å². The van der Waals surface area contributed by atoms with Gasteiger partial charge in [0.1, 0.15) is 11.4 Å². The van der Waals surface area contributed by atoms with Crippen molar-refractivity contribution < 1.29 is 9.18 Å². The number of carbonyl (C=O) groups is 1. The molecule has 0 aliphatic carbocycles. The zero-order valence-corrected chi connectivity index (χ0v) is 10.9. The van der Waals surface area contributed by atoms with E-state index in [4.69, 9.17) is 5.73 Å². The molecule has 5 heteroatoms. The molecular weight excluding hydrogens is 233 g/mol. The Hall–Kier alpha value is -1.78. The highest BCUT2D eigenvalue weighted by atomic mass is 19.1. The molecule has 98 valence electrons. The maximum absolute atomic E-state index is 13.4. The fourth-order valence-corrected chi connectivity index (χ4v) is 2.42. The predicted molar refractivity (Wildman–Crippen MR) is 69.9 cm³/mol. The average molecular weight is 251 g/mol. The fourth-order valence-electron chi connectivity index (χ4n) is 2.42. The number of anilines is 2. The number of halogens is 1. The number of amides is 1. The van der Waals surface area contributed by atoms with Crippen LogP contribution in [0.1, 0.15) is 13.8 Å². The van der Waals surface area contributed by atoms with E-state index in [-0.39, 0.29) is 11.7 Å². The summed E-state index contributed by atoms with van der Waals surface area (Å²) >= 11 is 0. The van der Waals surface area contributed by atoms with E-state index in [0.717, 1.165) is 0 Å². The van der Waals surface area contributed by atoms with Crippen molar-refractivity contribution in [1.82, 2.24) is 4.90 Å². The Bertz CT molecular complexity index is 467. The Labute approximate surface area is 106 Å². The lowest BCUT2D eigenvalue weighted by molar-refractivity contribution is -0.136. The van der Waals surface area contributed by atoms with Crippen molar-refractivity contribution >= 4 is 17.3 Å². The van der Waals surface area contributed by atoms with Gasteiger partial charge in [-0.3, -0.25) is 4.79 Å². The molecule has 0 radical (unpaired) electrons. The second kappa shape index (κ2) is 4.15. The number of nitrogens with two attached hydrogens (primary N) is 1. The van der Waals surface area contributed by atoms with E-state index >= 15 is 0 Å². The summed E-state index contributed by atoms with van der Waals surface area (Å²) in [5.41, 5.74) is 5.99. The maximum Gasteiger partial charge on any atom is 0.247 e. The quantitative estimate of drug-likeness (QED) is 0.769. The third-order valence-electron chi connectivity index (χ3n) is 3.42. The first-order valence-electron chi connectivity index (χ1n) is 5.91. The first-order valence-corrected chi connectivity index (χ1v) is 5.91. The number of piperazine rings is 1. The standard InChI is InChI=1S/C13H18FN3O/c1-13(2)12(18)16(3)4-5-17(13)11-7-9(14)6-10(15)8-11/h6-8H,4-5,15H2,1-3H3. The smallest absolute Gasteiger partial charge is 0.247 e. The zero-order chi connectivity index (χ0) is 13.5. The van der Waals surface area contributed by atoms with Gasteiger partial charge >= 0.3 is 0 Å². The number of nitrogen functional groups attached to an aromatic ring is 1. The van der Waals surface area contributed by atoms with Crippen LogP contribution in [0.25, 0.3) is 0 Å². The van der Waals surface area contributed by atoms with Crippen LogP contribution in [0.2, 0.25) is 0 Å². The van der Waals surface area contributed by atoms with E-state index < -0.39 is 5.54 Å². The van der Waals surface area contributed by atoms with Gasteiger partial charge in [0.15, 0.2) is 0 Å². The van der Waals surface area contributed by atoms with E-state index in [9.17, 15) is 9.18 Å². The molecule has 1 aliphatic heterocycles. The molecule has 1 aromatic carbocycles. The first kappa shape index (κ1) is 12.7. The van der Waals surface area contributed by atoms with Crippen molar-refractivity contribution in [2.24, 2.45) is 0 Å². The second-order valence-electron chi connectivity index (χ2n) is 5.18. The maximum atomic E-state index is 13.4. The minimum Gasteiger partial charge on any atom is -0.399 e. The Balaban J connectivity index is 2.41. The molecule has 18 heavy (non-hydrogen) atoms. The van der Waals surface area contributed by atoms with Crippen LogP contribution in [0.3, 0.4) is 0 Å². The minimum atomic E-state index is -0.687. The number of nitrogens with zero attached hydrogens (tertiary/aromatic N) is 2. The topological polar surface area (TPSA) is 49.6 Å². The van der Waals surface area contributed by atoms with E-state index in [1.165, 1.54) is 12.1 Å². The highest BCUT2D eigenvalue weighted by molar-refractivity contribution is 5.90. The third kappa shape index (κ3) is 2.00. The molecule has 2 N–H and O–H groups in total. The Morgan fingerprint density at radius 3 is 2.56 bits per heavy atom. The van der Waals surface area contributed by atoms with Gasteiger partial charge in [-0.2, -0.15) is 0 Å². The summed E-state index contributed by atoms with van der Waals surface area (Å²) in [4.78, 5) is 15.8. The predicted octanol–water partition coefficient (Wildman–Crippen LogP) is 1.46. The Morgan fingerprint density at radius 1 is 1.28 bits per heavy atom. The van der Waals surface area contributed by atoms with Crippen LogP contribution < -0.4 is 10.6 Å². The third-order valence-corrected chi connectivity index (χ3v) is 3.42. The highest BCUT2D eigenvalue weighted by Crippen LogP contribution is 2.30. The molecule has 0 spiro atoms. The van der Waals surface area contributed by atoms with Crippen molar-refractivity contribution in [3.8, 4) is 0 Å². The molecule has 0 atom stereocenters. The van der Waals surface area contributed by atoms with Gasteiger partial charge in [-0.25, -0.2) is 4.39 Å². The lowest BCUT2D eigenvalue weighted by Gasteiger charge is -2.46. The number of likely N-dealkylation sites (N-methyl/N-ethyl adjacent to an activating group) is 1. The van der Waals surface area contributed by atoms with Crippen molar-refractivity contribution in [2.45, 2.75) is 19.4 Å². The Kier molecular flexibility index (Phi) is 2.92. The molecule has 1 amide bonds. The monoisotopic (exact) mass is 251 g/mol. The molecule has 0 aromatic heterocycles. The van der Waals surface area contributed by atoms with Crippen molar-refractivity contribution in [3.05, 3.63) is 24.0 Å². The van der Waals surface area contributed by atoms with Crippen LogP contribution >= 0.6 is 0 Å². The van der Waals surface area contributed by atoms with Gasteiger partial charge in [-0.05, 0) is 32.0 Å². The van der Waals surface area contributed by atoms with Gasteiger partial charge in [0, 0.05) is 31.5 Å². The summed E-state index contributed by atoms with van der Waals surface area (Å²) < 4.78 is 13.4. The van der Waals surface area contributed by atoms with E-state index in [1.807, 2.05) is 18.7 Å². The molecule has 0 unspecified atom stereocenters. The lowest BCUT2D eigenvalue weighted by Crippen LogP contribution is -2.62. The van der Waals surface area contributed by atoms with Gasteiger partial charge in [0.2, 0.25) is 5.91 Å². The van der Waals surface area contributed by atoms with Crippen LogP contribution in [0.4, 0.5) is 15.8 Å². The van der Waals surface area contributed by atoms with Gasteiger partial charge in [-0.1, -0.05) is 0 Å². The van der Waals surface area contributed by atoms with Crippen LogP contribution in [0.15, 0.2) is 18.2 Å². The van der Waals surface area contributed by atoms with Crippen LogP contribution in [-0.2, 0) is 4.79 Å². The molecule has 2 rings (SSSR count). The summed E-state index contributed by atoms with van der Waals surface area (Å²) in [5, 5.41) is 0. The lowest BCUT2D eigenvalue weighted by atomic mass is 9.96. The zero-order valence-electron chi connectivity index (χ0n) is 10.9. The molecule has 0 saturated carbocycles. The number of carbonyl (C=O) groups excluding carboxylic acids is 1. The molecule has 0 bridgehead atoms. The number of hydrogen-bond donors (Lipinski definition) is 1.